The maximum atomic E-state index is 11.7. The monoisotopic (exact) mass is 318 g/mol. The summed E-state index contributed by atoms with van der Waals surface area (Å²) in [4.78, 5) is 11.7. The van der Waals surface area contributed by atoms with Crippen molar-refractivity contribution in [1.29, 1.82) is 15.8 Å². The van der Waals surface area contributed by atoms with Crippen molar-refractivity contribution in [3.8, 4) is 23.9 Å². The molecule has 0 aliphatic rings. The Hall–Kier alpha value is -4.09. The van der Waals surface area contributed by atoms with Gasteiger partial charge in [0, 0.05) is 12.4 Å². The Morgan fingerprint density at radius 2 is 2.00 bits per heavy atom. The van der Waals surface area contributed by atoms with Crippen LogP contribution in [-0.4, -0.2) is 22.9 Å². The Kier molecular flexibility index (Phi) is 4.92. The number of allylic oxidation sites excluding steroid dienone is 2. The highest BCUT2D eigenvalue weighted by Crippen LogP contribution is 2.24. The molecule has 0 aliphatic carbocycles. The number of carbonyl (C=O) groups is 1. The normalized spacial score (nSPS) is 9.08. The zero-order valence-corrected chi connectivity index (χ0v) is 12.5. The van der Waals surface area contributed by atoms with Crippen molar-refractivity contribution < 1.29 is 9.53 Å². The van der Waals surface area contributed by atoms with Gasteiger partial charge in [-0.15, -0.1) is 0 Å². The van der Waals surface area contributed by atoms with E-state index in [1.54, 1.807) is 48.8 Å². The Balaban J connectivity index is 2.60. The van der Waals surface area contributed by atoms with E-state index in [4.69, 9.17) is 10.5 Å². The number of ether oxygens (including phenoxy) is 1. The molecule has 0 amide bonds. The second-order valence-electron chi connectivity index (χ2n) is 4.38. The van der Waals surface area contributed by atoms with Crippen molar-refractivity contribution in [1.82, 2.24) is 9.78 Å². The van der Waals surface area contributed by atoms with Crippen LogP contribution in [0.1, 0.15) is 10.4 Å². The van der Waals surface area contributed by atoms with E-state index in [9.17, 15) is 10.1 Å². The summed E-state index contributed by atoms with van der Waals surface area (Å²) in [5, 5.41) is 33.8. The fourth-order valence-corrected chi connectivity index (χ4v) is 1.91. The highest BCUT2D eigenvalue weighted by atomic mass is 16.5. The number of hydrogen-bond donors (Lipinski definition) is 1. The second kappa shape index (κ2) is 7.26. The molecule has 0 saturated carbocycles. The maximum absolute atomic E-state index is 11.7. The van der Waals surface area contributed by atoms with Gasteiger partial charge in [0.2, 0.25) is 0 Å². The third-order valence-electron chi connectivity index (χ3n) is 3.01. The zero-order chi connectivity index (χ0) is 17.5. The van der Waals surface area contributed by atoms with Crippen LogP contribution in [0.5, 0.6) is 0 Å². The molecule has 2 rings (SSSR count). The molecular formula is C16H10N6O2. The van der Waals surface area contributed by atoms with E-state index in [2.05, 4.69) is 15.2 Å². The number of esters is 1. The van der Waals surface area contributed by atoms with E-state index in [0.717, 1.165) is 0 Å². The van der Waals surface area contributed by atoms with Gasteiger partial charge in [-0.3, -0.25) is 0 Å². The largest absolute Gasteiger partial charge is 0.465 e. The van der Waals surface area contributed by atoms with Crippen LogP contribution in [0.3, 0.4) is 0 Å². The summed E-state index contributed by atoms with van der Waals surface area (Å²) in [7, 11) is 1.25. The molecule has 0 saturated heterocycles. The Labute approximate surface area is 137 Å². The zero-order valence-electron chi connectivity index (χ0n) is 12.5. The molecule has 0 atom stereocenters. The van der Waals surface area contributed by atoms with Crippen molar-refractivity contribution in [3.05, 3.63) is 53.5 Å². The Morgan fingerprint density at radius 3 is 2.54 bits per heavy atom. The first kappa shape index (κ1) is 16.3. The van der Waals surface area contributed by atoms with Gasteiger partial charge in [0.25, 0.3) is 0 Å². The fourth-order valence-electron chi connectivity index (χ4n) is 1.91. The van der Waals surface area contributed by atoms with Gasteiger partial charge >= 0.3 is 5.97 Å². The molecule has 0 bridgehead atoms. The van der Waals surface area contributed by atoms with Crippen molar-refractivity contribution in [2.24, 2.45) is 0 Å². The maximum Gasteiger partial charge on any atom is 0.337 e. The quantitative estimate of drug-likeness (QED) is 0.673. The molecule has 116 valence electrons. The predicted octanol–water partition coefficient (Wildman–Crippen LogP) is 1.90. The van der Waals surface area contributed by atoms with Crippen molar-refractivity contribution >= 4 is 11.7 Å². The van der Waals surface area contributed by atoms with Gasteiger partial charge in [0.1, 0.15) is 23.9 Å². The molecule has 0 radical (unpaired) electrons. The van der Waals surface area contributed by atoms with Crippen LogP contribution < -0.4 is 5.32 Å². The molecule has 1 heterocycles. The number of benzene rings is 1. The molecule has 1 N–H and O–H groups in total. The van der Waals surface area contributed by atoms with E-state index in [-0.39, 0.29) is 16.8 Å². The lowest BCUT2D eigenvalue weighted by atomic mass is 10.1. The standard InChI is InChI=1S/C16H10N6O2/c1-24-16(23)11-3-4-15(22-6-2-5-20-22)13(7-11)21-14(10-19)12(8-17)9-18/h2-7,21H,1H3. The topological polar surface area (TPSA) is 128 Å². The first-order chi connectivity index (χ1) is 11.6. The Bertz CT molecular complexity index is 907. The molecule has 0 unspecified atom stereocenters. The summed E-state index contributed by atoms with van der Waals surface area (Å²) in [6, 6.07) is 11.4. The van der Waals surface area contributed by atoms with Crippen LogP contribution in [-0.2, 0) is 4.74 Å². The fraction of sp³-hybridized carbons (Fsp3) is 0.0625. The lowest BCUT2D eigenvalue weighted by Gasteiger charge is -2.13. The lowest BCUT2D eigenvalue weighted by molar-refractivity contribution is 0.0601. The van der Waals surface area contributed by atoms with Gasteiger partial charge in [-0.1, -0.05) is 0 Å². The van der Waals surface area contributed by atoms with Crippen molar-refractivity contribution in [3.63, 3.8) is 0 Å². The van der Waals surface area contributed by atoms with Gasteiger partial charge in [-0.05, 0) is 24.3 Å². The minimum atomic E-state index is -0.562. The number of nitrogens with zero attached hydrogens (tertiary/aromatic N) is 5. The number of nitriles is 3. The van der Waals surface area contributed by atoms with E-state index < -0.39 is 5.97 Å². The molecular weight excluding hydrogens is 308 g/mol. The molecule has 1 aromatic heterocycles. The molecule has 2 aromatic rings. The third kappa shape index (κ3) is 3.22. The first-order valence-electron chi connectivity index (χ1n) is 6.58. The summed E-state index contributed by atoms with van der Waals surface area (Å²) < 4.78 is 6.18. The molecule has 24 heavy (non-hydrogen) atoms. The molecule has 1 aromatic carbocycles. The van der Waals surface area contributed by atoms with Gasteiger partial charge in [0.05, 0.1) is 24.0 Å². The lowest BCUT2D eigenvalue weighted by Crippen LogP contribution is -2.08. The van der Waals surface area contributed by atoms with Gasteiger partial charge in [-0.2, -0.15) is 20.9 Å². The number of methoxy groups -OCH3 is 1. The molecule has 8 heteroatoms. The average Bonchev–Trinajstić information content (AvgIpc) is 3.15. The second-order valence-corrected chi connectivity index (χ2v) is 4.38. The van der Waals surface area contributed by atoms with E-state index in [1.165, 1.54) is 17.9 Å². The van der Waals surface area contributed by atoms with E-state index in [1.807, 2.05) is 0 Å². The molecule has 0 spiro atoms. The van der Waals surface area contributed by atoms with Gasteiger partial charge in [0.15, 0.2) is 5.57 Å². The molecule has 0 fully saturated rings. The third-order valence-corrected chi connectivity index (χ3v) is 3.01. The average molecular weight is 318 g/mol. The predicted molar refractivity (Wildman–Crippen MR) is 82.4 cm³/mol. The SMILES string of the molecule is COC(=O)c1ccc(-n2cccn2)c(NC(C#N)=C(C#N)C#N)c1. The number of rotatable bonds is 4. The summed E-state index contributed by atoms with van der Waals surface area (Å²) in [6.07, 6.45) is 3.23. The van der Waals surface area contributed by atoms with Crippen molar-refractivity contribution in [2.45, 2.75) is 0 Å². The minimum absolute atomic E-state index is 0.226. The van der Waals surface area contributed by atoms with Crippen LogP contribution in [0.15, 0.2) is 47.9 Å². The van der Waals surface area contributed by atoms with Crippen LogP contribution in [0, 0.1) is 34.0 Å². The molecule has 8 nitrogen and oxygen atoms in total. The number of anilines is 1. The first-order valence-corrected chi connectivity index (χ1v) is 6.58. The summed E-state index contributed by atoms with van der Waals surface area (Å²) in [6.45, 7) is 0. The van der Waals surface area contributed by atoms with Gasteiger partial charge < -0.3 is 10.1 Å². The highest BCUT2D eigenvalue weighted by molar-refractivity contribution is 5.91. The van der Waals surface area contributed by atoms with Crippen LogP contribution >= 0.6 is 0 Å². The van der Waals surface area contributed by atoms with E-state index >= 15 is 0 Å². The van der Waals surface area contributed by atoms with Crippen molar-refractivity contribution in [2.75, 3.05) is 12.4 Å². The van der Waals surface area contributed by atoms with Crippen LogP contribution in [0.25, 0.3) is 5.69 Å². The van der Waals surface area contributed by atoms with Crippen LogP contribution in [0.2, 0.25) is 0 Å². The molecule has 0 aliphatic heterocycles. The number of nitrogens with one attached hydrogen (secondary N) is 1. The summed E-state index contributed by atoms with van der Waals surface area (Å²) in [5.74, 6) is -0.562. The highest BCUT2D eigenvalue weighted by Gasteiger charge is 2.14. The summed E-state index contributed by atoms with van der Waals surface area (Å²) >= 11 is 0. The number of hydrogen-bond acceptors (Lipinski definition) is 7. The van der Waals surface area contributed by atoms with E-state index in [0.29, 0.717) is 11.4 Å². The minimum Gasteiger partial charge on any atom is -0.465 e. The summed E-state index contributed by atoms with van der Waals surface area (Å²) in [5.41, 5.74) is 0.489. The number of aromatic nitrogens is 2. The van der Waals surface area contributed by atoms with Crippen LogP contribution in [0.4, 0.5) is 5.69 Å². The number of carbonyl (C=O) groups excluding carboxylic acids is 1. The van der Waals surface area contributed by atoms with Gasteiger partial charge in [-0.25, -0.2) is 9.48 Å². The smallest absolute Gasteiger partial charge is 0.337 e. The Morgan fingerprint density at radius 1 is 1.25 bits per heavy atom.